The highest BCUT2D eigenvalue weighted by molar-refractivity contribution is 7.91. The molecule has 0 fully saturated rings. The van der Waals surface area contributed by atoms with Crippen LogP contribution in [0.3, 0.4) is 0 Å². The molecular weight excluding hydrogens is 272 g/mol. The second-order valence-corrected chi connectivity index (χ2v) is 7.03. The molecule has 0 aromatic heterocycles. The zero-order valence-corrected chi connectivity index (χ0v) is 12.3. The lowest BCUT2D eigenvalue weighted by atomic mass is 9.96. The number of carboxylic acids is 1. The molecule has 0 radical (unpaired) electrons. The molecule has 2 amide bonds. The van der Waals surface area contributed by atoms with Gasteiger partial charge in [-0.3, -0.25) is 4.79 Å². The maximum absolute atomic E-state index is 11.4. The Kier molecular flexibility index (Phi) is 7.43. The van der Waals surface area contributed by atoms with E-state index in [1.54, 1.807) is 13.8 Å². The van der Waals surface area contributed by atoms with Gasteiger partial charge in [-0.05, 0) is 5.92 Å². The van der Waals surface area contributed by atoms with Crippen molar-refractivity contribution in [3.63, 3.8) is 0 Å². The van der Waals surface area contributed by atoms with Crippen LogP contribution in [0.15, 0.2) is 0 Å². The Morgan fingerprint density at radius 1 is 1.21 bits per heavy atom. The van der Waals surface area contributed by atoms with Gasteiger partial charge in [-0.15, -0.1) is 0 Å². The first kappa shape index (κ1) is 17.7. The normalized spacial score (nSPS) is 13.1. The van der Waals surface area contributed by atoms with Gasteiger partial charge in [-0.1, -0.05) is 20.8 Å². The highest BCUT2D eigenvalue weighted by atomic mass is 32.2. The first-order valence-corrected chi connectivity index (χ1v) is 7.96. The maximum Gasteiger partial charge on any atom is 0.314 e. The summed E-state index contributed by atoms with van der Waals surface area (Å²) in [6.07, 6.45) is 0. The fourth-order valence-corrected chi connectivity index (χ4v) is 2.04. The van der Waals surface area contributed by atoms with Crippen LogP contribution in [0.2, 0.25) is 0 Å². The third kappa shape index (κ3) is 7.66. The summed E-state index contributed by atoms with van der Waals surface area (Å²) < 4.78 is 22.4. The predicted molar refractivity (Wildman–Crippen MR) is 71.7 cm³/mol. The number of hydrogen-bond donors (Lipinski definition) is 3. The van der Waals surface area contributed by atoms with Crippen molar-refractivity contribution in [2.75, 3.05) is 24.6 Å². The monoisotopic (exact) mass is 294 g/mol. The van der Waals surface area contributed by atoms with Crippen molar-refractivity contribution in [2.45, 2.75) is 20.8 Å². The van der Waals surface area contributed by atoms with Crippen LogP contribution in [0.1, 0.15) is 20.8 Å². The van der Waals surface area contributed by atoms with E-state index in [1.165, 1.54) is 6.92 Å². The summed E-state index contributed by atoms with van der Waals surface area (Å²) in [5.41, 5.74) is 0. The van der Waals surface area contributed by atoms with Crippen molar-refractivity contribution in [1.29, 1.82) is 0 Å². The molecule has 0 aliphatic rings. The topological polar surface area (TPSA) is 113 Å². The van der Waals surface area contributed by atoms with Crippen molar-refractivity contribution in [1.82, 2.24) is 10.6 Å². The fourth-order valence-electron chi connectivity index (χ4n) is 1.34. The van der Waals surface area contributed by atoms with E-state index in [0.29, 0.717) is 0 Å². The van der Waals surface area contributed by atoms with Gasteiger partial charge >= 0.3 is 12.0 Å². The van der Waals surface area contributed by atoms with Crippen LogP contribution < -0.4 is 10.6 Å². The molecule has 0 bridgehead atoms. The Hall–Kier alpha value is -1.31. The molecule has 1 unspecified atom stereocenters. The third-order valence-electron chi connectivity index (χ3n) is 2.74. The molecule has 0 aromatic carbocycles. The summed E-state index contributed by atoms with van der Waals surface area (Å²) in [5, 5.41) is 13.7. The summed E-state index contributed by atoms with van der Waals surface area (Å²) in [7, 11) is -3.11. The number of urea groups is 1. The second kappa shape index (κ2) is 7.98. The van der Waals surface area contributed by atoms with E-state index >= 15 is 0 Å². The number of aliphatic carboxylic acids is 1. The molecule has 0 aromatic rings. The molecule has 19 heavy (non-hydrogen) atoms. The van der Waals surface area contributed by atoms with E-state index in [4.69, 9.17) is 5.11 Å². The highest BCUT2D eigenvalue weighted by Gasteiger charge is 2.21. The molecule has 0 saturated carbocycles. The molecule has 0 aliphatic carbocycles. The third-order valence-corrected chi connectivity index (χ3v) is 4.45. The van der Waals surface area contributed by atoms with Gasteiger partial charge in [0, 0.05) is 18.8 Å². The summed E-state index contributed by atoms with van der Waals surface area (Å²) in [6, 6.07) is -0.557. The average Bonchev–Trinajstić information content (AvgIpc) is 2.28. The molecule has 1 atom stereocenters. The van der Waals surface area contributed by atoms with E-state index in [1.807, 2.05) is 0 Å². The number of sulfone groups is 1. The van der Waals surface area contributed by atoms with Crippen LogP contribution in [-0.2, 0) is 14.6 Å². The average molecular weight is 294 g/mol. The molecule has 8 heteroatoms. The van der Waals surface area contributed by atoms with Crippen molar-refractivity contribution in [2.24, 2.45) is 11.8 Å². The van der Waals surface area contributed by atoms with Gasteiger partial charge < -0.3 is 15.7 Å². The van der Waals surface area contributed by atoms with E-state index in [-0.39, 0.29) is 30.5 Å². The minimum atomic E-state index is -3.11. The highest BCUT2D eigenvalue weighted by Crippen LogP contribution is 2.09. The van der Waals surface area contributed by atoms with E-state index in [2.05, 4.69) is 10.6 Å². The van der Waals surface area contributed by atoms with Gasteiger partial charge in [-0.2, -0.15) is 0 Å². The quantitative estimate of drug-likeness (QED) is 0.586. The number of rotatable bonds is 8. The molecule has 0 spiro atoms. The number of amides is 2. The SMILES string of the molecule is CCS(=O)(=O)CCNC(=O)NCC(C(=O)O)C(C)C. The Labute approximate surface area is 113 Å². The van der Waals surface area contributed by atoms with Gasteiger partial charge in [0.25, 0.3) is 0 Å². The van der Waals surface area contributed by atoms with E-state index in [0.717, 1.165) is 0 Å². The molecular formula is C11H22N2O5S. The number of carbonyl (C=O) groups is 2. The number of carboxylic acid groups (broad SMARTS) is 1. The lowest BCUT2D eigenvalue weighted by Gasteiger charge is -2.16. The van der Waals surface area contributed by atoms with Crippen molar-refractivity contribution < 1.29 is 23.1 Å². The lowest BCUT2D eigenvalue weighted by molar-refractivity contribution is -0.142. The van der Waals surface area contributed by atoms with Crippen LogP contribution in [0, 0.1) is 11.8 Å². The Bertz CT molecular complexity index is 405. The lowest BCUT2D eigenvalue weighted by Crippen LogP contribution is -2.42. The Balaban J connectivity index is 4.03. The molecule has 0 aliphatic heterocycles. The summed E-state index contributed by atoms with van der Waals surface area (Å²) >= 11 is 0. The van der Waals surface area contributed by atoms with Crippen LogP contribution in [0.25, 0.3) is 0 Å². The van der Waals surface area contributed by atoms with Gasteiger partial charge in [-0.25, -0.2) is 13.2 Å². The molecule has 0 rings (SSSR count). The molecule has 0 heterocycles. The number of nitrogens with one attached hydrogen (secondary N) is 2. The minimum absolute atomic E-state index is 0.0133. The van der Waals surface area contributed by atoms with Gasteiger partial charge in [0.05, 0.1) is 11.7 Å². The molecule has 3 N–H and O–H groups in total. The number of hydrogen-bond acceptors (Lipinski definition) is 4. The van der Waals surface area contributed by atoms with Crippen LogP contribution in [-0.4, -0.2) is 50.1 Å². The number of carbonyl (C=O) groups excluding carboxylic acids is 1. The Morgan fingerprint density at radius 2 is 1.79 bits per heavy atom. The zero-order valence-electron chi connectivity index (χ0n) is 11.5. The smallest absolute Gasteiger partial charge is 0.314 e. The van der Waals surface area contributed by atoms with Gasteiger partial charge in [0.1, 0.15) is 0 Å². The first-order valence-electron chi connectivity index (χ1n) is 6.14. The van der Waals surface area contributed by atoms with E-state index < -0.39 is 27.8 Å². The van der Waals surface area contributed by atoms with Crippen LogP contribution in [0.4, 0.5) is 4.79 Å². The van der Waals surface area contributed by atoms with E-state index in [9.17, 15) is 18.0 Å². The maximum atomic E-state index is 11.4. The molecule has 112 valence electrons. The predicted octanol–water partition coefficient (Wildman–Crippen LogP) is 0.0771. The second-order valence-electron chi connectivity index (χ2n) is 4.56. The van der Waals surface area contributed by atoms with Crippen molar-refractivity contribution >= 4 is 21.8 Å². The van der Waals surface area contributed by atoms with Crippen LogP contribution in [0.5, 0.6) is 0 Å². The Morgan fingerprint density at radius 3 is 2.21 bits per heavy atom. The van der Waals surface area contributed by atoms with Crippen LogP contribution >= 0.6 is 0 Å². The standard InChI is InChI=1S/C11H22N2O5S/c1-4-19(17,18)6-5-12-11(16)13-7-9(8(2)3)10(14)15/h8-9H,4-7H2,1-3H3,(H,14,15)(H2,12,13,16). The molecule has 0 saturated heterocycles. The largest absolute Gasteiger partial charge is 0.481 e. The van der Waals surface area contributed by atoms with Gasteiger partial charge in [0.2, 0.25) is 0 Å². The van der Waals surface area contributed by atoms with Crippen molar-refractivity contribution in [3.8, 4) is 0 Å². The zero-order chi connectivity index (χ0) is 15.1. The fraction of sp³-hybridized carbons (Fsp3) is 0.818. The molecule has 7 nitrogen and oxygen atoms in total. The summed E-state index contributed by atoms with van der Waals surface area (Å²) in [5.74, 6) is -1.82. The van der Waals surface area contributed by atoms with Crippen molar-refractivity contribution in [3.05, 3.63) is 0 Å². The minimum Gasteiger partial charge on any atom is -0.481 e. The van der Waals surface area contributed by atoms with Gasteiger partial charge in [0.15, 0.2) is 9.84 Å². The summed E-state index contributed by atoms with van der Waals surface area (Å²) in [4.78, 5) is 22.2. The first-order chi connectivity index (χ1) is 8.69. The summed E-state index contributed by atoms with van der Waals surface area (Å²) in [6.45, 7) is 5.08.